The van der Waals surface area contributed by atoms with Crippen LogP contribution in [0, 0.1) is 11.8 Å². The first kappa shape index (κ1) is 15.1. The minimum absolute atomic E-state index is 0.00161. The van der Waals surface area contributed by atoms with Crippen molar-refractivity contribution in [3.63, 3.8) is 0 Å². The zero-order valence-electron chi connectivity index (χ0n) is 12.7. The lowest BCUT2D eigenvalue weighted by Gasteiger charge is -2.05. The molecule has 2 unspecified atom stereocenters. The Kier molecular flexibility index (Phi) is 4.32. The van der Waals surface area contributed by atoms with Crippen molar-refractivity contribution in [3.8, 4) is 5.75 Å². The van der Waals surface area contributed by atoms with E-state index < -0.39 is 5.91 Å². The molecule has 23 heavy (non-hydrogen) atoms. The van der Waals surface area contributed by atoms with E-state index in [9.17, 15) is 9.59 Å². The second-order valence-electron chi connectivity index (χ2n) is 5.63. The summed E-state index contributed by atoms with van der Waals surface area (Å²) in [6.07, 6.45) is 0.865. The quantitative estimate of drug-likeness (QED) is 0.830. The summed E-state index contributed by atoms with van der Waals surface area (Å²) in [4.78, 5) is 23.5. The van der Waals surface area contributed by atoms with Gasteiger partial charge in [0.1, 0.15) is 18.1 Å². The largest absolute Gasteiger partial charge is 0.486 e. The Morgan fingerprint density at radius 1 is 1.17 bits per heavy atom. The molecule has 0 aliphatic heterocycles. The minimum Gasteiger partial charge on any atom is -0.486 e. The molecule has 6 nitrogen and oxygen atoms in total. The van der Waals surface area contributed by atoms with Crippen LogP contribution >= 0.6 is 0 Å². The topological polar surface area (TPSA) is 80.6 Å². The maximum Gasteiger partial charge on any atom is 0.305 e. The van der Waals surface area contributed by atoms with Crippen LogP contribution in [-0.2, 0) is 11.4 Å². The Hall–Kier alpha value is -2.76. The first-order valence-corrected chi connectivity index (χ1v) is 7.50. The van der Waals surface area contributed by atoms with Gasteiger partial charge in [0.25, 0.3) is 0 Å². The average molecular weight is 314 g/mol. The molecular formula is C17H18N2O4. The van der Waals surface area contributed by atoms with Crippen LogP contribution in [0.25, 0.3) is 0 Å². The third kappa shape index (κ3) is 3.91. The maximum atomic E-state index is 11.9. The fraction of sp³-hybridized carbons (Fsp3) is 0.294. The number of ether oxygens (including phenoxy) is 1. The van der Waals surface area contributed by atoms with Crippen molar-refractivity contribution >= 4 is 11.8 Å². The van der Waals surface area contributed by atoms with E-state index in [4.69, 9.17) is 9.15 Å². The van der Waals surface area contributed by atoms with Crippen molar-refractivity contribution in [1.82, 2.24) is 10.9 Å². The molecule has 0 spiro atoms. The van der Waals surface area contributed by atoms with Gasteiger partial charge in [-0.3, -0.25) is 20.4 Å². The Balaban J connectivity index is 1.48. The Bertz CT molecular complexity index is 696. The number of hydrogen-bond donors (Lipinski definition) is 2. The number of para-hydroxylation sites is 1. The van der Waals surface area contributed by atoms with Crippen LogP contribution in [0.5, 0.6) is 5.75 Å². The summed E-state index contributed by atoms with van der Waals surface area (Å²) in [6, 6.07) is 12.5. The fourth-order valence-corrected chi connectivity index (χ4v) is 2.21. The molecule has 1 heterocycles. The molecule has 0 bridgehead atoms. The summed E-state index contributed by atoms with van der Waals surface area (Å²) in [5.74, 6) is 1.12. The number of nitrogens with one attached hydrogen (secondary N) is 2. The van der Waals surface area contributed by atoms with Gasteiger partial charge in [0.2, 0.25) is 5.91 Å². The summed E-state index contributed by atoms with van der Waals surface area (Å²) >= 11 is 0. The molecule has 2 amide bonds. The van der Waals surface area contributed by atoms with Crippen LogP contribution in [-0.4, -0.2) is 11.8 Å². The number of carbonyl (C=O) groups is 2. The third-order valence-electron chi connectivity index (χ3n) is 3.76. The van der Waals surface area contributed by atoms with E-state index in [1.807, 2.05) is 37.3 Å². The monoisotopic (exact) mass is 314 g/mol. The molecule has 120 valence electrons. The third-order valence-corrected chi connectivity index (χ3v) is 3.76. The van der Waals surface area contributed by atoms with Crippen molar-refractivity contribution < 1.29 is 18.7 Å². The van der Waals surface area contributed by atoms with E-state index in [0.29, 0.717) is 11.7 Å². The molecule has 1 saturated carbocycles. The highest BCUT2D eigenvalue weighted by Crippen LogP contribution is 2.37. The van der Waals surface area contributed by atoms with Crippen molar-refractivity contribution in [1.29, 1.82) is 0 Å². The van der Waals surface area contributed by atoms with Gasteiger partial charge in [-0.1, -0.05) is 25.1 Å². The van der Waals surface area contributed by atoms with Gasteiger partial charge in [0.05, 0.1) is 0 Å². The SMILES string of the molecule is CC1CC1C(=O)NNC(=O)c1ccc(COc2ccccc2)o1. The highest BCUT2D eigenvalue weighted by atomic mass is 16.5. The molecule has 2 aromatic rings. The van der Waals surface area contributed by atoms with Gasteiger partial charge < -0.3 is 9.15 Å². The summed E-state index contributed by atoms with van der Waals surface area (Å²) < 4.78 is 10.9. The Labute approximate surface area is 133 Å². The molecule has 0 saturated heterocycles. The lowest BCUT2D eigenvalue weighted by molar-refractivity contribution is -0.123. The number of rotatable bonds is 5. The summed E-state index contributed by atoms with van der Waals surface area (Å²) in [5.41, 5.74) is 4.77. The van der Waals surface area contributed by atoms with E-state index >= 15 is 0 Å². The number of benzene rings is 1. The van der Waals surface area contributed by atoms with Crippen LogP contribution in [0.4, 0.5) is 0 Å². The summed E-state index contributed by atoms with van der Waals surface area (Å²) in [5, 5.41) is 0. The number of hydrogen-bond acceptors (Lipinski definition) is 4. The van der Waals surface area contributed by atoms with Crippen molar-refractivity contribution in [2.75, 3.05) is 0 Å². The number of hydrazine groups is 1. The smallest absolute Gasteiger partial charge is 0.305 e. The van der Waals surface area contributed by atoms with Crippen LogP contribution < -0.4 is 15.6 Å². The number of furan rings is 1. The summed E-state index contributed by atoms with van der Waals surface area (Å²) in [6.45, 7) is 2.22. The molecule has 2 atom stereocenters. The molecule has 1 aromatic heterocycles. The van der Waals surface area contributed by atoms with E-state index in [0.717, 1.165) is 12.2 Å². The van der Waals surface area contributed by atoms with E-state index in [-0.39, 0.29) is 24.2 Å². The van der Waals surface area contributed by atoms with Crippen LogP contribution in [0.15, 0.2) is 46.9 Å². The van der Waals surface area contributed by atoms with Crippen molar-refractivity contribution in [2.45, 2.75) is 20.0 Å². The molecule has 0 radical (unpaired) electrons. The minimum atomic E-state index is -0.488. The van der Waals surface area contributed by atoms with E-state index in [2.05, 4.69) is 10.9 Å². The molecule has 1 aliphatic carbocycles. The first-order valence-electron chi connectivity index (χ1n) is 7.50. The lowest BCUT2D eigenvalue weighted by Crippen LogP contribution is -2.42. The van der Waals surface area contributed by atoms with Crippen LogP contribution in [0.1, 0.15) is 29.7 Å². The maximum absolute atomic E-state index is 11.9. The second-order valence-corrected chi connectivity index (χ2v) is 5.63. The predicted molar refractivity (Wildman–Crippen MR) is 82.4 cm³/mol. The normalized spacial score (nSPS) is 19.0. The van der Waals surface area contributed by atoms with Gasteiger partial charge in [0.15, 0.2) is 5.76 Å². The fourth-order valence-electron chi connectivity index (χ4n) is 2.21. The molecule has 6 heteroatoms. The Morgan fingerprint density at radius 3 is 2.61 bits per heavy atom. The molecular weight excluding hydrogens is 296 g/mol. The standard InChI is InChI=1S/C17H18N2O4/c1-11-9-14(11)16(20)18-19-17(21)15-8-7-13(23-15)10-22-12-5-3-2-4-6-12/h2-8,11,14H,9-10H2,1H3,(H,18,20)(H,19,21). The predicted octanol–water partition coefficient (Wildman–Crippen LogP) is 2.28. The van der Waals surface area contributed by atoms with Gasteiger partial charge in [0, 0.05) is 5.92 Å². The average Bonchev–Trinajstić information content (AvgIpc) is 3.11. The van der Waals surface area contributed by atoms with Crippen LogP contribution in [0.3, 0.4) is 0 Å². The van der Waals surface area contributed by atoms with E-state index in [1.165, 1.54) is 0 Å². The van der Waals surface area contributed by atoms with Gasteiger partial charge in [-0.2, -0.15) is 0 Å². The number of carbonyl (C=O) groups excluding carboxylic acids is 2. The first-order chi connectivity index (χ1) is 11.1. The van der Waals surface area contributed by atoms with Gasteiger partial charge in [-0.25, -0.2) is 0 Å². The highest BCUT2D eigenvalue weighted by molar-refractivity contribution is 5.93. The second kappa shape index (κ2) is 6.56. The summed E-state index contributed by atoms with van der Waals surface area (Å²) in [7, 11) is 0. The zero-order chi connectivity index (χ0) is 16.2. The lowest BCUT2D eigenvalue weighted by atomic mass is 10.3. The molecule has 1 aliphatic rings. The van der Waals surface area contributed by atoms with E-state index in [1.54, 1.807) is 12.1 Å². The zero-order valence-corrected chi connectivity index (χ0v) is 12.7. The van der Waals surface area contributed by atoms with Crippen LogP contribution in [0.2, 0.25) is 0 Å². The molecule has 3 rings (SSSR count). The highest BCUT2D eigenvalue weighted by Gasteiger charge is 2.39. The molecule has 1 aromatic carbocycles. The molecule has 2 N–H and O–H groups in total. The van der Waals surface area contributed by atoms with Gasteiger partial charge in [-0.05, 0) is 36.6 Å². The van der Waals surface area contributed by atoms with Gasteiger partial charge >= 0.3 is 5.91 Å². The van der Waals surface area contributed by atoms with Gasteiger partial charge in [-0.15, -0.1) is 0 Å². The van der Waals surface area contributed by atoms with Crippen molar-refractivity contribution in [3.05, 3.63) is 54.0 Å². The Morgan fingerprint density at radius 2 is 1.91 bits per heavy atom. The molecule has 1 fully saturated rings. The van der Waals surface area contributed by atoms with Crippen molar-refractivity contribution in [2.24, 2.45) is 11.8 Å². The number of amides is 2.